The Hall–Kier alpha value is -2.14. The van der Waals surface area contributed by atoms with Crippen molar-refractivity contribution in [3.63, 3.8) is 0 Å². The minimum absolute atomic E-state index is 0.329. The van der Waals surface area contributed by atoms with E-state index in [1.807, 2.05) is 31.2 Å². The molecule has 5 nitrogen and oxygen atoms in total. The predicted octanol–water partition coefficient (Wildman–Crippen LogP) is 2.49. The monoisotopic (exact) mass is 274 g/mol. The first kappa shape index (κ1) is 14.3. The molecule has 1 aromatic carbocycles. The minimum atomic E-state index is -0.554. The van der Waals surface area contributed by atoms with Crippen LogP contribution < -0.4 is 0 Å². The number of esters is 1. The molecule has 0 aliphatic carbocycles. The predicted molar refractivity (Wildman–Crippen MR) is 74.8 cm³/mol. The van der Waals surface area contributed by atoms with Crippen LogP contribution in [0.4, 0.5) is 0 Å². The Kier molecular flexibility index (Phi) is 4.53. The van der Waals surface area contributed by atoms with Gasteiger partial charge in [0, 0.05) is 11.8 Å². The van der Waals surface area contributed by atoms with Crippen molar-refractivity contribution >= 4 is 5.97 Å². The van der Waals surface area contributed by atoms with E-state index in [-0.39, 0.29) is 0 Å². The van der Waals surface area contributed by atoms with Crippen LogP contribution in [0.2, 0.25) is 0 Å². The van der Waals surface area contributed by atoms with Gasteiger partial charge in [0.2, 0.25) is 0 Å². The number of aliphatic hydroxyl groups excluding tert-OH is 1. The highest BCUT2D eigenvalue weighted by atomic mass is 16.5. The van der Waals surface area contributed by atoms with Gasteiger partial charge in [-0.3, -0.25) is 0 Å². The lowest BCUT2D eigenvalue weighted by molar-refractivity contribution is 0.0526. The molecule has 1 N–H and O–H groups in total. The van der Waals surface area contributed by atoms with Crippen LogP contribution in [0.3, 0.4) is 0 Å². The number of nitrogens with zero attached hydrogens (tertiary/aromatic N) is 2. The highest BCUT2D eigenvalue weighted by Gasteiger charge is 2.14. The Morgan fingerprint density at radius 1 is 1.40 bits per heavy atom. The first-order valence-electron chi connectivity index (χ1n) is 6.66. The molecule has 1 aromatic heterocycles. The average molecular weight is 274 g/mol. The molecule has 20 heavy (non-hydrogen) atoms. The second-order valence-electron chi connectivity index (χ2n) is 4.38. The van der Waals surface area contributed by atoms with Crippen molar-refractivity contribution in [1.29, 1.82) is 0 Å². The summed E-state index contributed by atoms with van der Waals surface area (Å²) in [5, 5.41) is 14.2. The van der Waals surface area contributed by atoms with Crippen LogP contribution in [0.15, 0.2) is 36.7 Å². The van der Waals surface area contributed by atoms with E-state index in [1.165, 1.54) is 6.20 Å². The Labute approximate surface area is 117 Å². The molecular formula is C15H18N2O3. The van der Waals surface area contributed by atoms with Crippen molar-refractivity contribution in [1.82, 2.24) is 9.78 Å². The van der Waals surface area contributed by atoms with E-state index in [1.54, 1.807) is 17.8 Å². The average Bonchev–Trinajstić information content (AvgIpc) is 2.96. The summed E-state index contributed by atoms with van der Waals surface area (Å²) < 4.78 is 6.52. The fraction of sp³-hybridized carbons (Fsp3) is 0.333. The number of aliphatic hydroxyl groups is 1. The van der Waals surface area contributed by atoms with Crippen LogP contribution in [0.25, 0.3) is 5.69 Å². The number of ether oxygens (including phenoxy) is 1. The molecule has 106 valence electrons. The molecule has 0 saturated carbocycles. The summed E-state index contributed by atoms with van der Waals surface area (Å²) in [7, 11) is 0. The number of para-hydroxylation sites is 1. The second-order valence-corrected chi connectivity index (χ2v) is 4.38. The van der Waals surface area contributed by atoms with E-state index < -0.39 is 12.1 Å². The first-order chi connectivity index (χ1) is 9.67. The van der Waals surface area contributed by atoms with Crippen LogP contribution in [0.1, 0.15) is 42.3 Å². The van der Waals surface area contributed by atoms with Crippen LogP contribution in [-0.2, 0) is 4.74 Å². The molecule has 0 fully saturated rings. The molecule has 0 radical (unpaired) electrons. The van der Waals surface area contributed by atoms with Crippen molar-refractivity contribution in [2.75, 3.05) is 6.61 Å². The Morgan fingerprint density at radius 3 is 2.85 bits per heavy atom. The van der Waals surface area contributed by atoms with E-state index in [2.05, 4.69) is 5.10 Å². The molecule has 0 aliphatic heterocycles. The number of benzene rings is 1. The maximum Gasteiger partial charge on any atom is 0.341 e. The van der Waals surface area contributed by atoms with Crippen LogP contribution in [0, 0.1) is 0 Å². The van der Waals surface area contributed by atoms with Crippen molar-refractivity contribution in [2.45, 2.75) is 26.4 Å². The molecule has 1 heterocycles. The molecule has 2 aromatic rings. The summed E-state index contributed by atoms with van der Waals surface area (Å²) in [6, 6.07) is 7.45. The molecule has 1 atom stereocenters. The summed E-state index contributed by atoms with van der Waals surface area (Å²) in [6.45, 7) is 4.00. The van der Waals surface area contributed by atoms with E-state index in [4.69, 9.17) is 4.74 Å². The van der Waals surface area contributed by atoms with Crippen LogP contribution in [0.5, 0.6) is 0 Å². The lowest BCUT2D eigenvalue weighted by atomic mass is 10.1. The third-order valence-corrected chi connectivity index (χ3v) is 3.02. The number of hydrogen-bond acceptors (Lipinski definition) is 4. The lowest BCUT2D eigenvalue weighted by Crippen LogP contribution is -2.05. The van der Waals surface area contributed by atoms with E-state index in [9.17, 15) is 9.90 Å². The van der Waals surface area contributed by atoms with Gasteiger partial charge in [0.1, 0.15) is 0 Å². The molecule has 0 saturated heterocycles. The van der Waals surface area contributed by atoms with Gasteiger partial charge in [0.15, 0.2) is 0 Å². The van der Waals surface area contributed by atoms with Crippen LogP contribution in [-0.4, -0.2) is 27.5 Å². The van der Waals surface area contributed by atoms with Gasteiger partial charge in [-0.15, -0.1) is 0 Å². The smallest absolute Gasteiger partial charge is 0.341 e. The van der Waals surface area contributed by atoms with Crippen LogP contribution >= 0.6 is 0 Å². The zero-order chi connectivity index (χ0) is 14.5. The van der Waals surface area contributed by atoms with E-state index in [0.29, 0.717) is 18.6 Å². The van der Waals surface area contributed by atoms with Gasteiger partial charge >= 0.3 is 5.97 Å². The number of carbonyl (C=O) groups is 1. The highest BCUT2D eigenvalue weighted by Crippen LogP contribution is 2.23. The number of carbonyl (C=O) groups excluding carboxylic acids is 1. The van der Waals surface area contributed by atoms with Gasteiger partial charge in [0.05, 0.1) is 30.2 Å². The Bertz CT molecular complexity index is 592. The van der Waals surface area contributed by atoms with Gasteiger partial charge in [-0.25, -0.2) is 9.48 Å². The third kappa shape index (κ3) is 2.88. The summed E-state index contributed by atoms with van der Waals surface area (Å²) in [6.07, 6.45) is 3.14. The molecule has 0 unspecified atom stereocenters. The third-order valence-electron chi connectivity index (χ3n) is 3.02. The van der Waals surface area contributed by atoms with Crippen molar-refractivity contribution in [3.8, 4) is 5.69 Å². The maximum atomic E-state index is 11.6. The van der Waals surface area contributed by atoms with Crippen molar-refractivity contribution < 1.29 is 14.6 Å². The summed E-state index contributed by atoms with van der Waals surface area (Å²) in [5.74, 6) is -0.396. The second kappa shape index (κ2) is 6.34. The lowest BCUT2D eigenvalue weighted by Gasteiger charge is -2.13. The fourth-order valence-corrected chi connectivity index (χ4v) is 1.97. The fourth-order valence-electron chi connectivity index (χ4n) is 1.97. The van der Waals surface area contributed by atoms with E-state index >= 15 is 0 Å². The van der Waals surface area contributed by atoms with Gasteiger partial charge in [-0.2, -0.15) is 5.10 Å². The van der Waals surface area contributed by atoms with Gasteiger partial charge in [0.25, 0.3) is 0 Å². The largest absolute Gasteiger partial charge is 0.462 e. The zero-order valence-electron chi connectivity index (χ0n) is 11.6. The standard InChI is InChI=1S/C15H18N2O3/c1-3-14(18)12-7-5-6-8-13(12)17-10-11(9-16-17)15(19)20-4-2/h5-10,14,18H,3-4H2,1-2H3/t14-/m1/s1. The molecule has 5 heteroatoms. The normalized spacial score (nSPS) is 12.2. The Balaban J connectivity index is 2.35. The molecule has 0 amide bonds. The molecule has 0 bridgehead atoms. The number of hydrogen-bond donors (Lipinski definition) is 1. The number of aromatic nitrogens is 2. The quantitative estimate of drug-likeness (QED) is 0.851. The molecule has 2 rings (SSSR count). The number of rotatable bonds is 5. The summed E-state index contributed by atoms with van der Waals surface area (Å²) >= 11 is 0. The van der Waals surface area contributed by atoms with Gasteiger partial charge in [-0.05, 0) is 19.4 Å². The van der Waals surface area contributed by atoms with Gasteiger partial charge in [-0.1, -0.05) is 25.1 Å². The molecular weight excluding hydrogens is 256 g/mol. The SMILES string of the molecule is CCOC(=O)c1cnn(-c2ccccc2[C@H](O)CC)c1. The summed E-state index contributed by atoms with van der Waals surface area (Å²) in [4.78, 5) is 11.6. The van der Waals surface area contributed by atoms with Gasteiger partial charge < -0.3 is 9.84 Å². The molecule has 0 aliphatic rings. The highest BCUT2D eigenvalue weighted by molar-refractivity contribution is 5.88. The Morgan fingerprint density at radius 2 is 2.15 bits per heavy atom. The topological polar surface area (TPSA) is 64.3 Å². The minimum Gasteiger partial charge on any atom is -0.462 e. The maximum absolute atomic E-state index is 11.6. The molecule has 0 spiro atoms. The van der Waals surface area contributed by atoms with E-state index in [0.717, 1.165) is 11.3 Å². The van der Waals surface area contributed by atoms with Crippen molar-refractivity contribution in [3.05, 3.63) is 47.8 Å². The zero-order valence-corrected chi connectivity index (χ0v) is 11.6. The van der Waals surface area contributed by atoms with Crippen molar-refractivity contribution in [2.24, 2.45) is 0 Å². The first-order valence-corrected chi connectivity index (χ1v) is 6.66. The summed E-state index contributed by atoms with van der Waals surface area (Å²) in [5.41, 5.74) is 1.94.